The first-order valence-electron chi connectivity index (χ1n) is 6.64. The predicted octanol–water partition coefficient (Wildman–Crippen LogP) is 1.32. The summed E-state index contributed by atoms with van der Waals surface area (Å²) in [5.74, 6) is 0. The van der Waals surface area contributed by atoms with Crippen molar-refractivity contribution < 1.29 is 14.6 Å². The Morgan fingerprint density at radius 1 is 1.29 bits per heavy atom. The van der Waals surface area contributed by atoms with E-state index in [0.717, 1.165) is 0 Å². The smallest absolute Gasteiger partial charge is 0.0897 e. The van der Waals surface area contributed by atoms with Gasteiger partial charge in [-0.2, -0.15) is 0 Å². The zero-order valence-electron chi connectivity index (χ0n) is 11.4. The van der Waals surface area contributed by atoms with Gasteiger partial charge in [-0.25, -0.2) is 0 Å². The molecule has 0 aliphatic heterocycles. The molecular formula is C13H27NO3. The van der Waals surface area contributed by atoms with Crippen LogP contribution in [0.5, 0.6) is 0 Å². The largest absolute Gasteiger partial charge is 0.389 e. The summed E-state index contributed by atoms with van der Waals surface area (Å²) in [4.78, 5) is 0. The van der Waals surface area contributed by atoms with Gasteiger partial charge in [0.2, 0.25) is 0 Å². The molecular weight excluding hydrogens is 218 g/mol. The highest BCUT2D eigenvalue weighted by atomic mass is 16.5. The average Bonchev–Trinajstić information content (AvgIpc) is 2.23. The number of rotatable bonds is 9. The van der Waals surface area contributed by atoms with Gasteiger partial charge in [-0.3, -0.25) is 0 Å². The maximum atomic E-state index is 9.71. The number of nitrogens with one attached hydrogen (secondary N) is 1. The van der Waals surface area contributed by atoms with Gasteiger partial charge < -0.3 is 19.9 Å². The van der Waals surface area contributed by atoms with Crippen molar-refractivity contribution in [1.82, 2.24) is 5.32 Å². The van der Waals surface area contributed by atoms with Crippen LogP contribution in [-0.4, -0.2) is 49.2 Å². The lowest BCUT2D eigenvalue weighted by atomic mass is 9.78. The Morgan fingerprint density at radius 3 is 2.53 bits per heavy atom. The molecule has 0 aromatic heterocycles. The van der Waals surface area contributed by atoms with Crippen molar-refractivity contribution in [1.29, 1.82) is 0 Å². The SMILES string of the molecule is CC(C)OCCOCC(O)CNC1(C)CCC1. The molecule has 0 saturated heterocycles. The van der Waals surface area contributed by atoms with Gasteiger partial charge in [0.05, 0.1) is 32.0 Å². The summed E-state index contributed by atoms with van der Waals surface area (Å²) in [6.07, 6.45) is 3.53. The Labute approximate surface area is 105 Å². The molecule has 0 amide bonds. The molecule has 0 aromatic carbocycles. The molecule has 4 nitrogen and oxygen atoms in total. The summed E-state index contributed by atoms with van der Waals surface area (Å²) in [6, 6.07) is 0. The third-order valence-corrected chi connectivity index (χ3v) is 3.21. The standard InChI is InChI=1S/C13H27NO3/c1-11(2)17-8-7-16-10-12(15)9-14-13(3)5-4-6-13/h11-12,14-15H,4-10H2,1-3H3. The van der Waals surface area contributed by atoms with Crippen molar-refractivity contribution in [3.63, 3.8) is 0 Å². The first kappa shape index (κ1) is 14.9. The molecule has 1 unspecified atom stereocenters. The van der Waals surface area contributed by atoms with Gasteiger partial charge in [0.1, 0.15) is 0 Å². The van der Waals surface area contributed by atoms with Gasteiger partial charge in [-0.15, -0.1) is 0 Å². The highest BCUT2D eigenvalue weighted by Gasteiger charge is 2.31. The van der Waals surface area contributed by atoms with E-state index < -0.39 is 6.10 Å². The number of aliphatic hydroxyl groups excluding tert-OH is 1. The highest BCUT2D eigenvalue weighted by molar-refractivity contribution is 4.91. The monoisotopic (exact) mass is 245 g/mol. The van der Waals surface area contributed by atoms with Crippen molar-refractivity contribution in [2.75, 3.05) is 26.4 Å². The Kier molecular flexibility index (Phi) is 6.41. The van der Waals surface area contributed by atoms with E-state index in [0.29, 0.717) is 26.4 Å². The molecule has 4 heteroatoms. The van der Waals surface area contributed by atoms with Crippen molar-refractivity contribution in [2.24, 2.45) is 0 Å². The van der Waals surface area contributed by atoms with Crippen LogP contribution in [0.3, 0.4) is 0 Å². The fourth-order valence-corrected chi connectivity index (χ4v) is 1.87. The quantitative estimate of drug-likeness (QED) is 0.602. The van der Waals surface area contributed by atoms with Crippen LogP contribution < -0.4 is 5.32 Å². The first-order valence-corrected chi connectivity index (χ1v) is 6.64. The Balaban J connectivity index is 1.92. The number of hydrogen-bond acceptors (Lipinski definition) is 4. The molecule has 0 spiro atoms. The van der Waals surface area contributed by atoms with Crippen molar-refractivity contribution in [3.8, 4) is 0 Å². The summed E-state index contributed by atoms with van der Waals surface area (Å²) in [6.45, 7) is 8.34. The predicted molar refractivity (Wildman–Crippen MR) is 68.2 cm³/mol. The lowest BCUT2D eigenvalue weighted by Gasteiger charge is -2.40. The molecule has 0 heterocycles. The number of aliphatic hydroxyl groups is 1. The lowest BCUT2D eigenvalue weighted by Crippen LogP contribution is -2.51. The van der Waals surface area contributed by atoms with Crippen LogP contribution in [-0.2, 0) is 9.47 Å². The second kappa shape index (κ2) is 7.31. The number of ether oxygens (including phenoxy) is 2. The molecule has 102 valence electrons. The van der Waals surface area contributed by atoms with Crippen LogP contribution in [0, 0.1) is 0 Å². The maximum Gasteiger partial charge on any atom is 0.0897 e. The Morgan fingerprint density at radius 2 is 2.00 bits per heavy atom. The Bertz CT molecular complexity index is 205. The molecule has 0 radical (unpaired) electrons. The van der Waals surface area contributed by atoms with Crippen LogP contribution in [0.25, 0.3) is 0 Å². The molecule has 1 saturated carbocycles. The summed E-state index contributed by atoms with van der Waals surface area (Å²) in [5, 5.41) is 13.1. The zero-order valence-corrected chi connectivity index (χ0v) is 11.4. The normalized spacial score (nSPS) is 20.3. The molecule has 1 aliphatic rings. The summed E-state index contributed by atoms with van der Waals surface area (Å²) >= 11 is 0. The molecule has 1 atom stereocenters. The van der Waals surface area contributed by atoms with Gasteiger partial charge in [-0.1, -0.05) is 0 Å². The van der Waals surface area contributed by atoms with Gasteiger partial charge in [0, 0.05) is 12.1 Å². The number of β-amino-alcohol motifs (C(OH)–C–C–N with tert-alkyl or cyclic N) is 1. The summed E-state index contributed by atoms with van der Waals surface area (Å²) in [5.41, 5.74) is 0.252. The van der Waals surface area contributed by atoms with Gasteiger partial charge in [0.15, 0.2) is 0 Å². The van der Waals surface area contributed by atoms with E-state index in [1.807, 2.05) is 13.8 Å². The van der Waals surface area contributed by atoms with Crippen LogP contribution in [0.15, 0.2) is 0 Å². The number of hydrogen-bond donors (Lipinski definition) is 2. The van der Waals surface area contributed by atoms with Gasteiger partial charge in [-0.05, 0) is 40.0 Å². The van der Waals surface area contributed by atoms with E-state index >= 15 is 0 Å². The maximum absolute atomic E-state index is 9.71. The minimum absolute atomic E-state index is 0.240. The molecule has 1 rings (SSSR count). The van der Waals surface area contributed by atoms with E-state index in [1.54, 1.807) is 0 Å². The molecule has 17 heavy (non-hydrogen) atoms. The topological polar surface area (TPSA) is 50.7 Å². The second-order valence-electron chi connectivity index (χ2n) is 5.44. The van der Waals surface area contributed by atoms with E-state index in [1.165, 1.54) is 19.3 Å². The van der Waals surface area contributed by atoms with E-state index in [4.69, 9.17) is 9.47 Å². The van der Waals surface area contributed by atoms with Crippen LogP contribution in [0.1, 0.15) is 40.0 Å². The molecule has 0 aromatic rings. The zero-order chi connectivity index (χ0) is 12.7. The summed E-state index contributed by atoms with van der Waals surface area (Å²) < 4.78 is 10.7. The van der Waals surface area contributed by atoms with Crippen LogP contribution in [0.4, 0.5) is 0 Å². The molecule has 1 fully saturated rings. The van der Waals surface area contributed by atoms with Crippen LogP contribution in [0.2, 0.25) is 0 Å². The van der Waals surface area contributed by atoms with Crippen molar-refractivity contribution >= 4 is 0 Å². The first-order chi connectivity index (χ1) is 8.02. The minimum Gasteiger partial charge on any atom is -0.389 e. The minimum atomic E-state index is -0.425. The molecule has 1 aliphatic carbocycles. The summed E-state index contributed by atoms with van der Waals surface area (Å²) in [7, 11) is 0. The van der Waals surface area contributed by atoms with Gasteiger partial charge >= 0.3 is 0 Å². The lowest BCUT2D eigenvalue weighted by molar-refractivity contribution is -0.0127. The molecule has 0 bridgehead atoms. The third kappa shape index (κ3) is 6.36. The fourth-order valence-electron chi connectivity index (χ4n) is 1.87. The van der Waals surface area contributed by atoms with E-state index in [9.17, 15) is 5.11 Å². The molecule has 2 N–H and O–H groups in total. The fraction of sp³-hybridized carbons (Fsp3) is 1.00. The van der Waals surface area contributed by atoms with Crippen LogP contribution >= 0.6 is 0 Å². The third-order valence-electron chi connectivity index (χ3n) is 3.21. The van der Waals surface area contributed by atoms with Crippen molar-refractivity contribution in [3.05, 3.63) is 0 Å². The van der Waals surface area contributed by atoms with E-state index in [-0.39, 0.29) is 11.6 Å². The van der Waals surface area contributed by atoms with E-state index in [2.05, 4.69) is 12.2 Å². The Hall–Kier alpha value is -0.160. The highest BCUT2D eigenvalue weighted by Crippen LogP contribution is 2.30. The average molecular weight is 245 g/mol. The van der Waals surface area contributed by atoms with Crippen molar-refractivity contribution in [2.45, 2.75) is 57.8 Å². The second-order valence-corrected chi connectivity index (χ2v) is 5.44. The van der Waals surface area contributed by atoms with Gasteiger partial charge in [0.25, 0.3) is 0 Å².